The number of hydrogen-bond donors (Lipinski definition) is 2. The molecule has 0 aromatic carbocycles. The van der Waals surface area contributed by atoms with Crippen LogP contribution in [-0.4, -0.2) is 21.9 Å². The second kappa shape index (κ2) is 3.00. The van der Waals surface area contributed by atoms with Crippen molar-refractivity contribution in [3.8, 4) is 0 Å². The van der Waals surface area contributed by atoms with Crippen molar-refractivity contribution < 1.29 is 10.2 Å². The van der Waals surface area contributed by atoms with Gasteiger partial charge in [-0.25, -0.2) is 0 Å². The zero-order valence-electron chi connectivity index (χ0n) is 8.30. The Labute approximate surface area is 74.6 Å². The lowest BCUT2D eigenvalue weighted by Crippen LogP contribution is -2.54. The Hall–Kier alpha value is -0.0800. The third-order valence-electron chi connectivity index (χ3n) is 3.14. The fraction of sp³-hybridized carbons (Fsp3) is 1.00. The molecule has 12 heavy (non-hydrogen) atoms. The van der Waals surface area contributed by atoms with Gasteiger partial charge in [-0.15, -0.1) is 0 Å². The molecule has 1 rings (SSSR count). The van der Waals surface area contributed by atoms with Gasteiger partial charge in [0.05, 0.1) is 11.7 Å². The molecule has 0 amide bonds. The molecule has 1 aliphatic rings. The Morgan fingerprint density at radius 1 is 1.25 bits per heavy atom. The lowest BCUT2D eigenvalue weighted by Gasteiger charge is -2.46. The van der Waals surface area contributed by atoms with E-state index in [0.29, 0.717) is 0 Å². The molecule has 0 radical (unpaired) electrons. The van der Waals surface area contributed by atoms with E-state index in [4.69, 9.17) is 0 Å². The Balaban J connectivity index is 2.79. The first-order valence-electron chi connectivity index (χ1n) is 4.78. The van der Waals surface area contributed by atoms with Crippen molar-refractivity contribution in [3.63, 3.8) is 0 Å². The van der Waals surface area contributed by atoms with Crippen molar-refractivity contribution in [3.05, 3.63) is 0 Å². The van der Waals surface area contributed by atoms with Crippen LogP contribution >= 0.6 is 0 Å². The average Bonchev–Trinajstić information content (AvgIpc) is 1.93. The first-order chi connectivity index (χ1) is 5.38. The van der Waals surface area contributed by atoms with Gasteiger partial charge in [-0.1, -0.05) is 33.6 Å². The highest BCUT2D eigenvalue weighted by Gasteiger charge is 2.46. The van der Waals surface area contributed by atoms with Crippen molar-refractivity contribution in [2.45, 2.75) is 58.2 Å². The minimum Gasteiger partial charge on any atom is -0.390 e. The van der Waals surface area contributed by atoms with Crippen molar-refractivity contribution in [1.82, 2.24) is 0 Å². The van der Waals surface area contributed by atoms with Gasteiger partial charge >= 0.3 is 0 Å². The Kier molecular flexibility index (Phi) is 2.50. The van der Waals surface area contributed by atoms with Gasteiger partial charge in [-0.2, -0.15) is 0 Å². The zero-order valence-corrected chi connectivity index (χ0v) is 8.30. The molecule has 0 aromatic heterocycles. The van der Waals surface area contributed by atoms with Crippen LogP contribution in [0.4, 0.5) is 0 Å². The lowest BCUT2D eigenvalue weighted by molar-refractivity contribution is -0.161. The van der Waals surface area contributed by atoms with E-state index in [-0.39, 0.29) is 5.41 Å². The predicted octanol–water partition coefficient (Wildman–Crippen LogP) is 1.70. The lowest BCUT2D eigenvalue weighted by atomic mass is 9.67. The number of rotatable bonds is 0. The van der Waals surface area contributed by atoms with Gasteiger partial charge in [0.15, 0.2) is 0 Å². The fourth-order valence-corrected chi connectivity index (χ4v) is 2.01. The molecule has 0 heterocycles. The molecule has 0 spiro atoms. The van der Waals surface area contributed by atoms with Crippen LogP contribution in [0.1, 0.15) is 46.5 Å². The van der Waals surface area contributed by atoms with E-state index in [1.54, 1.807) is 0 Å². The normalized spacial score (nSPS) is 38.2. The van der Waals surface area contributed by atoms with Gasteiger partial charge in [-0.3, -0.25) is 0 Å². The van der Waals surface area contributed by atoms with Crippen LogP contribution in [0.2, 0.25) is 0 Å². The summed E-state index contributed by atoms with van der Waals surface area (Å²) in [7, 11) is 0. The maximum atomic E-state index is 10.2. The number of hydrogen-bond acceptors (Lipinski definition) is 2. The highest BCUT2D eigenvalue weighted by atomic mass is 16.3. The summed E-state index contributed by atoms with van der Waals surface area (Å²) in [5, 5.41) is 19.9. The molecular formula is C10H20O2. The molecule has 2 heteroatoms. The highest BCUT2D eigenvalue weighted by Crippen LogP contribution is 2.41. The van der Waals surface area contributed by atoms with E-state index >= 15 is 0 Å². The standard InChI is InChI=1S/C10H20O2/c1-9(2,3)10(12)7-5-4-6-8(10)11/h8,11-12H,4-7H2,1-3H3/t8-,10-/m0/s1. The SMILES string of the molecule is CC(C)(C)[C@]1(O)CCCC[C@@H]1O. The van der Waals surface area contributed by atoms with Crippen LogP contribution in [0.25, 0.3) is 0 Å². The van der Waals surface area contributed by atoms with E-state index in [1.807, 2.05) is 20.8 Å². The molecule has 2 atom stereocenters. The molecule has 0 unspecified atom stereocenters. The molecular weight excluding hydrogens is 152 g/mol. The summed E-state index contributed by atoms with van der Waals surface area (Å²) in [6.07, 6.45) is 3.02. The van der Waals surface area contributed by atoms with Crippen molar-refractivity contribution in [2.75, 3.05) is 0 Å². The molecule has 2 N–H and O–H groups in total. The first kappa shape index (κ1) is 10.0. The number of aliphatic hydroxyl groups is 2. The van der Waals surface area contributed by atoms with Gasteiger partial charge < -0.3 is 10.2 Å². The van der Waals surface area contributed by atoms with E-state index in [1.165, 1.54) is 0 Å². The minimum atomic E-state index is -0.870. The summed E-state index contributed by atoms with van der Waals surface area (Å²) >= 11 is 0. The van der Waals surface area contributed by atoms with E-state index in [9.17, 15) is 10.2 Å². The Morgan fingerprint density at radius 2 is 1.83 bits per heavy atom. The second-order valence-electron chi connectivity index (χ2n) is 4.94. The van der Waals surface area contributed by atoms with E-state index in [2.05, 4.69) is 0 Å². The van der Waals surface area contributed by atoms with Gasteiger partial charge in [0, 0.05) is 0 Å². The topological polar surface area (TPSA) is 40.5 Å². The third kappa shape index (κ3) is 1.50. The Bertz CT molecular complexity index is 160. The molecule has 0 bridgehead atoms. The summed E-state index contributed by atoms with van der Waals surface area (Å²) in [6, 6.07) is 0. The average molecular weight is 172 g/mol. The van der Waals surface area contributed by atoms with Gasteiger partial charge in [0.1, 0.15) is 0 Å². The summed E-state index contributed by atoms with van der Waals surface area (Å²) in [6.45, 7) is 5.96. The summed E-state index contributed by atoms with van der Waals surface area (Å²) in [5.41, 5.74) is -1.09. The molecule has 0 saturated heterocycles. The monoisotopic (exact) mass is 172 g/mol. The van der Waals surface area contributed by atoms with Crippen molar-refractivity contribution in [2.24, 2.45) is 5.41 Å². The highest BCUT2D eigenvalue weighted by molar-refractivity contribution is 4.98. The summed E-state index contributed by atoms with van der Waals surface area (Å²) < 4.78 is 0. The first-order valence-corrected chi connectivity index (χ1v) is 4.78. The largest absolute Gasteiger partial charge is 0.390 e. The molecule has 1 aliphatic carbocycles. The zero-order chi connectivity index (χ0) is 9.41. The number of aliphatic hydroxyl groups excluding tert-OH is 1. The van der Waals surface area contributed by atoms with E-state index in [0.717, 1.165) is 25.7 Å². The molecule has 72 valence electrons. The van der Waals surface area contributed by atoms with Crippen molar-refractivity contribution in [1.29, 1.82) is 0 Å². The van der Waals surface area contributed by atoms with Gasteiger partial charge in [0.2, 0.25) is 0 Å². The van der Waals surface area contributed by atoms with Crippen LogP contribution in [-0.2, 0) is 0 Å². The van der Waals surface area contributed by atoms with Crippen LogP contribution in [0.3, 0.4) is 0 Å². The van der Waals surface area contributed by atoms with Gasteiger partial charge in [0.25, 0.3) is 0 Å². The fourth-order valence-electron chi connectivity index (χ4n) is 2.01. The van der Waals surface area contributed by atoms with Crippen LogP contribution in [0.5, 0.6) is 0 Å². The quantitative estimate of drug-likeness (QED) is 0.584. The summed E-state index contributed by atoms with van der Waals surface area (Å²) in [4.78, 5) is 0. The molecule has 1 saturated carbocycles. The smallest absolute Gasteiger partial charge is 0.0953 e. The molecule has 0 aromatic rings. The maximum absolute atomic E-state index is 10.2. The summed E-state index contributed by atoms with van der Waals surface area (Å²) in [5.74, 6) is 0. The van der Waals surface area contributed by atoms with Crippen molar-refractivity contribution >= 4 is 0 Å². The molecule has 1 fully saturated rings. The van der Waals surface area contributed by atoms with Crippen LogP contribution in [0.15, 0.2) is 0 Å². The maximum Gasteiger partial charge on any atom is 0.0953 e. The Morgan fingerprint density at radius 3 is 2.17 bits per heavy atom. The third-order valence-corrected chi connectivity index (χ3v) is 3.14. The van der Waals surface area contributed by atoms with Crippen LogP contribution < -0.4 is 0 Å². The second-order valence-corrected chi connectivity index (χ2v) is 4.94. The van der Waals surface area contributed by atoms with E-state index < -0.39 is 11.7 Å². The molecule has 0 aliphatic heterocycles. The van der Waals surface area contributed by atoms with Gasteiger partial charge in [-0.05, 0) is 18.3 Å². The molecule has 2 nitrogen and oxygen atoms in total. The van der Waals surface area contributed by atoms with Crippen LogP contribution in [0, 0.1) is 5.41 Å². The predicted molar refractivity (Wildman–Crippen MR) is 48.9 cm³/mol. The minimum absolute atomic E-state index is 0.215.